The quantitative estimate of drug-likeness (QED) is 0.772. The fourth-order valence-corrected chi connectivity index (χ4v) is 1.16. The molecule has 0 aromatic carbocycles. The van der Waals surface area contributed by atoms with Crippen LogP contribution in [0, 0.1) is 0 Å². The van der Waals surface area contributed by atoms with E-state index in [1.807, 2.05) is 4.98 Å². The SMILES string of the molecule is NCc1c(Cl)cc(C(F)F)[nH]c1=O. The van der Waals surface area contributed by atoms with Crippen molar-refractivity contribution in [2.75, 3.05) is 0 Å². The molecule has 0 saturated heterocycles. The summed E-state index contributed by atoms with van der Waals surface area (Å²) in [4.78, 5) is 13.0. The minimum absolute atomic E-state index is 0.0263. The highest BCUT2D eigenvalue weighted by Gasteiger charge is 2.12. The van der Waals surface area contributed by atoms with Crippen molar-refractivity contribution in [1.29, 1.82) is 0 Å². The van der Waals surface area contributed by atoms with E-state index in [2.05, 4.69) is 0 Å². The van der Waals surface area contributed by atoms with E-state index < -0.39 is 17.7 Å². The zero-order valence-electron chi connectivity index (χ0n) is 6.48. The van der Waals surface area contributed by atoms with Gasteiger partial charge < -0.3 is 10.7 Å². The fourth-order valence-electron chi connectivity index (χ4n) is 0.882. The summed E-state index contributed by atoms with van der Waals surface area (Å²) in [5, 5.41) is -0.0263. The molecule has 1 rings (SSSR count). The Kier molecular flexibility index (Phi) is 3.00. The third kappa shape index (κ3) is 2.05. The smallest absolute Gasteiger partial charge is 0.278 e. The molecule has 0 radical (unpaired) electrons. The van der Waals surface area contributed by atoms with Gasteiger partial charge in [-0.3, -0.25) is 4.79 Å². The number of rotatable bonds is 2. The second-order valence-electron chi connectivity index (χ2n) is 2.39. The molecule has 0 atom stereocenters. The Hall–Kier alpha value is -0.940. The normalized spacial score (nSPS) is 10.8. The van der Waals surface area contributed by atoms with E-state index in [0.29, 0.717) is 0 Å². The summed E-state index contributed by atoms with van der Waals surface area (Å²) in [7, 11) is 0. The van der Waals surface area contributed by atoms with Crippen molar-refractivity contribution < 1.29 is 8.78 Å². The number of hydrogen-bond acceptors (Lipinski definition) is 2. The monoisotopic (exact) mass is 208 g/mol. The number of pyridine rings is 1. The number of aromatic amines is 1. The van der Waals surface area contributed by atoms with Crippen LogP contribution in [0.2, 0.25) is 5.02 Å². The summed E-state index contributed by atoms with van der Waals surface area (Å²) < 4.78 is 24.2. The average Bonchev–Trinajstić information content (AvgIpc) is 2.03. The molecule has 1 heterocycles. The van der Waals surface area contributed by atoms with Crippen molar-refractivity contribution in [3.8, 4) is 0 Å². The van der Waals surface area contributed by atoms with Crippen molar-refractivity contribution >= 4 is 11.6 Å². The molecule has 72 valence electrons. The Bertz CT molecular complexity index is 364. The molecule has 0 saturated carbocycles. The van der Waals surface area contributed by atoms with Gasteiger partial charge in [0.2, 0.25) is 0 Å². The summed E-state index contributed by atoms with van der Waals surface area (Å²) in [6.07, 6.45) is -2.74. The highest BCUT2D eigenvalue weighted by atomic mass is 35.5. The van der Waals surface area contributed by atoms with Crippen LogP contribution in [-0.4, -0.2) is 4.98 Å². The lowest BCUT2D eigenvalue weighted by Crippen LogP contribution is -2.18. The molecular weight excluding hydrogens is 202 g/mol. The Morgan fingerprint density at radius 1 is 1.62 bits per heavy atom. The van der Waals surface area contributed by atoms with Gasteiger partial charge in [-0.25, -0.2) is 8.78 Å². The van der Waals surface area contributed by atoms with Gasteiger partial charge in [0.15, 0.2) is 0 Å². The lowest BCUT2D eigenvalue weighted by atomic mass is 10.2. The van der Waals surface area contributed by atoms with Crippen LogP contribution in [-0.2, 0) is 6.54 Å². The Balaban J connectivity index is 3.29. The molecule has 0 bridgehead atoms. The summed E-state index contributed by atoms with van der Waals surface area (Å²) in [6, 6.07) is 1.01. The van der Waals surface area contributed by atoms with Crippen LogP contribution < -0.4 is 11.3 Å². The van der Waals surface area contributed by atoms with Crippen molar-refractivity contribution in [2.24, 2.45) is 5.73 Å². The van der Waals surface area contributed by atoms with Gasteiger partial charge in [0.1, 0.15) is 0 Å². The predicted molar refractivity (Wildman–Crippen MR) is 44.9 cm³/mol. The standard InChI is InChI=1S/C7H7ClF2N2O/c8-4-1-5(6(9)10)12-7(13)3(4)2-11/h1,6H,2,11H2,(H,12,13). The first-order valence-corrected chi connectivity index (χ1v) is 3.84. The lowest BCUT2D eigenvalue weighted by molar-refractivity contribution is 0.146. The molecule has 3 N–H and O–H groups in total. The van der Waals surface area contributed by atoms with Crippen LogP contribution in [0.1, 0.15) is 17.7 Å². The van der Waals surface area contributed by atoms with Gasteiger partial charge in [-0.15, -0.1) is 0 Å². The molecular formula is C7H7ClF2N2O. The summed E-state index contributed by atoms with van der Waals surface area (Å²) >= 11 is 5.55. The molecule has 0 aliphatic heterocycles. The second-order valence-corrected chi connectivity index (χ2v) is 2.79. The summed E-state index contributed by atoms with van der Waals surface area (Å²) in [6.45, 7) is -0.0717. The Labute approximate surface area is 77.5 Å². The number of hydrogen-bond donors (Lipinski definition) is 2. The zero-order valence-corrected chi connectivity index (χ0v) is 7.24. The van der Waals surface area contributed by atoms with Crippen molar-refractivity contribution in [2.45, 2.75) is 13.0 Å². The molecule has 1 aromatic heterocycles. The van der Waals surface area contributed by atoms with Crippen LogP contribution in [0.3, 0.4) is 0 Å². The first-order chi connectivity index (χ1) is 6.06. The highest BCUT2D eigenvalue weighted by Crippen LogP contribution is 2.19. The minimum Gasteiger partial charge on any atom is -0.326 e. The van der Waals surface area contributed by atoms with E-state index in [1.54, 1.807) is 0 Å². The minimum atomic E-state index is -2.74. The van der Waals surface area contributed by atoms with Crippen LogP contribution in [0.25, 0.3) is 0 Å². The van der Waals surface area contributed by atoms with Gasteiger partial charge in [0, 0.05) is 12.1 Å². The molecule has 0 fully saturated rings. The first kappa shape index (κ1) is 10.1. The molecule has 0 aliphatic carbocycles. The number of H-pyrrole nitrogens is 1. The maximum Gasteiger partial charge on any atom is 0.278 e. The van der Waals surface area contributed by atoms with Crippen molar-refractivity contribution in [3.63, 3.8) is 0 Å². The number of nitrogens with one attached hydrogen (secondary N) is 1. The predicted octanol–water partition coefficient (Wildman–Crippen LogP) is 1.42. The van der Waals surface area contributed by atoms with Gasteiger partial charge in [0.25, 0.3) is 12.0 Å². The molecule has 0 spiro atoms. The average molecular weight is 209 g/mol. The Morgan fingerprint density at radius 3 is 2.62 bits per heavy atom. The summed E-state index contributed by atoms with van der Waals surface area (Å²) in [5.41, 5.74) is 4.15. The van der Waals surface area contributed by atoms with Gasteiger partial charge in [-0.1, -0.05) is 11.6 Å². The molecule has 1 aromatic rings. The van der Waals surface area contributed by atoms with Gasteiger partial charge in [0.05, 0.1) is 10.7 Å². The molecule has 0 amide bonds. The van der Waals surface area contributed by atoms with Crippen LogP contribution >= 0.6 is 11.6 Å². The van der Waals surface area contributed by atoms with Gasteiger partial charge in [-0.05, 0) is 6.07 Å². The van der Waals surface area contributed by atoms with E-state index in [0.717, 1.165) is 6.07 Å². The molecule has 0 aliphatic rings. The molecule has 0 unspecified atom stereocenters. The van der Waals surface area contributed by atoms with Crippen LogP contribution in [0.5, 0.6) is 0 Å². The highest BCUT2D eigenvalue weighted by molar-refractivity contribution is 6.31. The Morgan fingerprint density at radius 2 is 2.23 bits per heavy atom. The number of halogens is 3. The van der Waals surface area contributed by atoms with Crippen molar-refractivity contribution in [1.82, 2.24) is 4.98 Å². The summed E-state index contributed by atoms with van der Waals surface area (Å²) in [5.74, 6) is 0. The van der Waals surface area contributed by atoms with E-state index in [-0.39, 0.29) is 17.1 Å². The third-order valence-corrected chi connectivity index (χ3v) is 1.88. The zero-order chi connectivity index (χ0) is 10.0. The first-order valence-electron chi connectivity index (χ1n) is 3.46. The maximum atomic E-state index is 12.1. The van der Waals surface area contributed by atoms with Crippen molar-refractivity contribution in [3.05, 3.63) is 32.7 Å². The number of nitrogens with two attached hydrogens (primary N) is 1. The largest absolute Gasteiger partial charge is 0.326 e. The van der Waals surface area contributed by atoms with Gasteiger partial charge in [-0.2, -0.15) is 0 Å². The van der Waals surface area contributed by atoms with Crippen LogP contribution in [0.15, 0.2) is 10.9 Å². The van der Waals surface area contributed by atoms with E-state index in [1.165, 1.54) is 0 Å². The van der Waals surface area contributed by atoms with Gasteiger partial charge >= 0.3 is 0 Å². The molecule has 13 heavy (non-hydrogen) atoms. The van der Waals surface area contributed by atoms with Crippen LogP contribution in [0.4, 0.5) is 8.78 Å². The second kappa shape index (κ2) is 3.85. The lowest BCUT2D eigenvalue weighted by Gasteiger charge is -2.03. The van der Waals surface area contributed by atoms with E-state index in [4.69, 9.17) is 17.3 Å². The maximum absolute atomic E-state index is 12.1. The number of aromatic nitrogens is 1. The van der Waals surface area contributed by atoms with E-state index >= 15 is 0 Å². The third-order valence-electron chi connectivity index (χ3n) is 1.54. The molecule has 6 heteroatoms. The molecule has 3 nitrogen and oxygen atoms in total. The topological polar surface area (TPSA) is 58.9 Å². The number of alkyl halides is 2. The van der Waals surface area contributed by atoms with E-state index in [9.17, 15) is 13.6 Å². The fraction of sp³-hybridized carbons (Fsp3) is 0.286.